The highest BCUT2D eigenvalue weighted by Crippen LogP contribution is 2.36. The Bertz CT molecular complexity index is 1260. The number of nitrogens with one attached hydrogen (secondary N) is 1. The highest BCUT2D eigenvalue weighted by atomic mass is 32.1. The Kier molecular flexibility index (Phi) is 6.12. The van der Waals surface area contributed by atoms with E-state index in [2.05, 4.69) is 28.5 Å². The highest BCUT2D eigenvalue weighted by Gasteiger charge is 2.25. The van der Waals surface area contributed by atoms with E-state index in [4.69, 9.17) is 4.98 Å². The molecule has 1 aliphatic rings. The molecule has 0 radical (unpaired) electrons. The first-order valence-corrected chi connectivity index (χ1v) is 11.3. The molecule has 1 aromatic carbocycles. The third kappa shape index (κ3) is 4.85. The van der Waals surface area contributed by atoms with Gasteiger partial charge in [-0.25, -0.2) is 18.7 Å². The maximum atomic E-state index is 13.9. The van der Waals surface area contributed by atoms with E-state index >= 15 is 0 Å². The van der Waals surface area contributed by atoms with Gasteiger partial charge in [0.1, 0.15) is 11.5 Å². The third-order valence-corrected chi connectivity index (χ3v) is 6.48. The lowest BCUT2D eigenvalue weighted by Gasteiger charge is -2.25. The monoisotopic (exact) mass is 465 g/mol. The average molecular weight is 466 g/mol. The molecule has 0 atom stereocenters. The smallest absolute Gasteiger partial charge is 0.270 e. The molecule has 0 saturated carbocycles. The SMILES string of the molecule is C=C(C)c1sc(NC(=C)N2CCC=Nc3ccc(-c4cccc(C(C)(F)F)c4)nc32)nc1C. The van der Waals surface area contributed by atoms with Crippen LogP contribution in [-0.2, 0) is 5.92 Å². The van der Waals surface area contributed by atoms with E-state index < -0.39 is 5.92 Å². The Balaban J connectivity index is 1.68. The molecule has 3 aromatic rings. The van der Waals surface area contributed by atoms with Crippen LogP contribution in [0.2, 0.25) is 0 Å². The number of aliphatic imine (C=N–C) groups is 1. The number of allylic oxidation sites excluding steroid dienone is 1. The van der Waals surface area contributed by atoms with Crippen molar-refractivity contribution in [2.75, 3.05) is 16.8 Å². The highest BCUT2D eigenvalue weighted by molar-refractivity contribution is 7.16. The Hall–Kier alpha value is -3.39. The van der Waals surface area contributed by atoms with Crippen molar-refractivity contribution in [2.24, 2.45) is 4.99 Å². The number of aromatic nitrogens is 2. The largest absolute Gasteiger partial charge is 0.318 e. The Morgan fingerprint density at radius 1 is 1.18 bits per heavy atom. The van der Waals surface area contributed by atoms with Gasteiger partial charge in [0.2, 0.25) is 0 Å². The third-order valence-electron chi connectivity index (χ3n) is 5.25. The lowest BCUT2D eigenvalue weighted by Crippen LogP contribution is -2.28. The zero-order valence-corrected chi connectivity index (χ0v) is 19.6. The van der Waals surface area contributed by atoms with Gasteiger partial charge < -0.3 is 10.2 Å². The summed E-state index contributed by atoms with van der Waals surface area (Å²) < 4.78 is 27.7. The van der Waals surface area contributed by atoms with Gasteiger partial charge in [-0.3, -0.25) is 4.99 Å². The van der Waals surface area contributed by atoms with Crippen molar-refractivity contribution in [1.82, 2.24) is 9.97 Å². The van der Waals surface area contributed by atoms with Crippen LogP contribution < -0.4 is 10.2 Å². The summed E-state index contributed by atoms with van der Waals surface area (Å²) in [6, 6.07) is 9.94. The molecule has 1 N–H and O–H groups in total. The molecule has 3 heterocycles. The summed E-state index contributed by atoms with van der Waals surface area (Å²) in [5.41, 5.74) is 3.72. The van der Waals surface area contributed by atoms with Crippen LogP contribution >= 0.6 is 11.3 Å². The van der Waals surface area contributed by atoms with Crippen LogP contribution in [0.25, 0.3) is 16.8 Å². The van der Waals surface area contributed by atoms with Gasteiger partial charge in [0, 0.05) is 37.2 Å². The van der Waals surface area contributed by atoms with Crippen LogP contribution in [0.3, 0.4) is 0 Å². The van der Waals surface area contributed by atoms with E-state index in [1.54, 1.807) is 18.2 Å². The number of fused-ring (bicyclic) bond motifs is 1. The zero-order chi connectivity index (χ0) is 23.8. The number of anilines is 2. The fourth-order valence-electron chi connectivity index (χ4n) is 3.61. The number of pyridine rings is 1. The molecule has 0 amide bonds. The van der Waals surface area contributed by atoms with Crippen LogP contribution in [0.1, 0.15) is 36.4 Å². The van der Waals surface area contributed by atoms with Gasteiger partial charge in [0.25, 0.3) is 5.92 Å². The van der Waals surface area contributed by atoms with Crippen LogP contribution in [0.4, 0.5) is 25.4 Å². The summed E-state index contributed by atoms with van der Waals surface area (Å²) in [6.07, 6.45) is 2.55. The number of rotatable bonds is 6. The van der Waals surface area contributed by atoms with E-state index in [1.165, 1.54) is 23.5 Å². The van der Waals surface area contributed by atoms with Crippen LogP contribution in [0, 0.1) is 6.92 Å². The summed E-state index contributed by atoms with van der Waals surface area (Å²) >= 11 is 1.52. The second-order valence-electron chi connectivity index (χ2n) is 8.05. The molecule has 33 heavy (non-hydrogen) atoms. The Morgan fingerprint density at radius 3 is 2.67 bits per heavy atom. The minimum Gasteiger partial charge on any atom is -0.318 e. The van der Waals surface area contributed by atoms with E-state index in [0.29, 0.717) is 41.5 Å². The number of benzene rings is 1. The van der Waals surface area contributed by atoms with E-state index in [-0.39, 0.29) is 5.56 Å². The number of nitrogens with zero attached hydrogens (tertiary/aromatic N) is 4. The fraction of sp³-hybridized carbons (Fsp3) is 0.240. The van der Waals surface area contributed by atoms with Crippen LogP contribution in [0.5, 0.6) is 0 Å². The predicted octanol–water partition coefficient (Wildman–Crippen LogP) is 7.15. The number of hydrogen-bond acceptors (Lipinski definition) is 6. The van der Waals surface area contributed by atoms with Crippen molar-refractivity contribution >= 4 is 39.8 Å². The summed E-state index contributed by atoms with van der Waals surface area (Å²) in [7, 11) is 0. The van der Waals surface area contributed by atoms with Gasteiger partial charge in [-0.2, -0.15) is 0 Å². The molecule has 0 aliphatic carbocycles. The standard InChI is InChI=1S/C25H25F2N5S/c1-15(2)22-16(3)29-24(33-22)30-17(4)32-13-7-12-28-21-11-10-20(31-23(21)32)18-8-6-9-19(14-18)25(5,26)27/h6,8-12,14H,1,4,7,13H2,2-3,5H3,(H,29,30). The number of alkyl halides is 2. The van der Waals surface area contributed by atoms with E-state index in [1.807, 2.05) is 31.0 Å². The zero-order valence-electron chi connectivity index (χ0n) is 18.8. The maximum Gasteiger partial charge on any atom is 0.270 e. The molecular formula is C25H25F2N5S. The molecule has 0 unspecified atom stereocenters. The Morgan fingerprint density at radius 2 is 1.97 bits per heavy atom. The number of aryl methyl sites for hydroxylation is 1. The van der Waals surface area contributed by atoms with Crippen molar-refractivity contribution in [3.05, 3.63) is 71.5 Å². The van der Waals surface area contributed by atoms with Gasteiger partial charge in [-0.1, -0.05) is 42.7 Å². The predicted molar refractivity (Wildman–Crippen MR) is 134 cm³/mol. The van der Waals surface area contributed by atoms with Crippen molar-refractivity contribution < 1.29 is 8.78 Å². The molecule has 2 aromatic heterocycles. The van der Waals surface area contributed by atoms with Crippen molar-refractivity contribution in [3.8, 4) is 11.3 Å². The molecule has 0 saturated heterocycles. The average Bonchev–Trinajstić information content (AvgIpc) is 3.00. The minimum absolute atomic E-state index is 0.0508. The van der Waals surface area contributed by atoms with Crippen molar-refractivity contribution in [1.29, 1.82) is 0 Å². The van der Waals surface area contributed by atoms with Crippen LogP contribution in [0.15, 0.2) is 60.4 Å². The Labute approximate surface area is 196 Å². The van der Waals surface area contributed by atoms with Gasteiger partial charge >= 0.3 is 0 Å². The first-order chi connectivity index (χ1) is 15.6. The lowest BCUT2D eigenvalue weighted by atomic mass is 10.0. The van der Waals surface area contributed by atoms with E-state index in [0.717, 1.165) is 28.2 Å². The van der Waals surface area contributed by atoms with Crippen molar-refractivity contribution in [3.63, 3.8) is 0 Å². The summed E-state index contributed by atoms with van der Waals surface area (Å²) in [4.78, 5) is 16.9. The first kappa shape index (κ1) is 22.8. The van der Waals surface area contributed by atoms with Gasteiger partial charge in [-0.15, -0.1) is 0 Å². The quantitative estimate of drug-likeness (QED) is 0.420. The molecular weight excluding hydrogens is 440 g/mol. The summed E-state index contributed by atoms with van der Waals surface area (Å²) in [5.74, 6) is -1.70. The molecule has 5 nitrogen and oxygen atoms in total. The molecule has 170 valence electrons. The summed E-state index contributed by atoms with van der Waals surface area (Å²) in [6.45, 7) is 13.6. The maximum absolute atomic E-state index is 13.9. The number of hydrogen-bond donors (Lipinski definition) is 1. The minimum atomic E-state index is -2.93. The van der Waals surface area contributed by atoms with Gasteiger partial charge in [-0.05, 0) is 37.6 Å². The normalized spacial score (nSPS) is 13.4. The molecule has 0 bridgehead atoms. The molecule has 8 heteroatoms. The first-order valence-electron chi connectivity index (χ1n) is 10.5. The van der Waals surface area contributed by atoms with Gasteiger partial charge in [0.15, 0.2) is 10.9 Å². The van der Waals surface area contributed by atoms with E-state index in [9.17, 15) is 8.78 Å². The fourth-order valence-corrected chi connectivity index (χ4v) is 4.52. The number of thiazole rings is 1. The van der Waals surface area contributed by atoms with Crippen LogP contribution in [-0.4, -0.2) is 22.7 Å². The lowest BCUT2D eigenvalue weighted by molar-refractivity contribution is 0.0175. The second-order valence-corrected chi connectivity index (χ2v) is 9.05. The summed E-state index contributed by atoms with van der Waals surface area (Å²) in [5, 5.41) is 4.01. The molecule has 1 aliphatic heterocycles. The second kappa shape index (κ2) is 8.86. The molecule has 0 spiro atoms. The molecule has 0 fully saturated rings. The van der Waals surface area contributed by atoms with Gasteiger partial charge in [0.05, 0.1) is 16.3 Å². The van der Waals surface area contributed by atoms with Crippen molar-refractivity contribution in [2.45, 2.75) is 33.1 Å². The molecule has 4 rings (SSSR count). The topological polar surface area (TPSA) is 53.4 Å². The number of halogens is 2.